The molecule has 0 aliphatic rings. The Morgan fingerprint density at radius 1 is 1.44 bits per heavy atom. The van der Waals surface area contributed by atoms with Gasteiger partial charge in [0.2, 0.25) is 5.88 Å². The molecule has 0 unspecified atom stereocenters. The topological polar surface area (TPSA) is 68.7 Å². The number of ether oxygens (including phenoxy) is 2. The highest BCUT2D eigenvalue weighted by Crippen LogP contribution is 2.13. The molecule has 1 aromatic heterocycles. The highest BCUT2D eigenvalue weighted by Gasteiger charge is 2.11. The van der Waals surface area contributed by atoms with Crippen LogP contribution in [0.4, 0.5) is 0 Å². The van der Waals surface area contributed by atoms with Gasteiger partial charge in [-0.3, -0.25) is 0 Å². The quantitative estimate of drug-likeness (QED) is 0.713. The van der Waals surface area contributed by atoms with E-state index in [1.807, 2.05) is 6.92 Å². The van der Waals surface area contributed by atoms with E-state index in [0.717, 1.165) is 6.42 Å². The molecule has 0 aromatic carbocycles. The zero-order chi connectivity index (χ0) is 11.8. The molecule has 0 aliphatic heterocycles. The van der Waals surface area contributed by atoms with E-state index in [1.165, 1.54) is 12.3 Å². The Balaban J connectivity index is 2.44. The molecular weight excluding hydrogens is 210 g/mol. The lowest BCUT2D eigenvalue weighted by Crippen LogP contribution is -2.10. The van der Waals surface area contributed by atoms with Gasteiger partial charge in [0, 0.05) is 12.8 Å². The monoisotopic (exact) mass is 225 g/mol. The summed E-state index contributed by atoms with van der Waals surface area (Å²) in [6, 6.07) is 3.02. The van der Waals surface area contributed by atoms with Gasteiger partial charge in [0.1, 0.15) is 12.2 Å². The zero-order valence-corrected chi connectivity index (χ0v) is 9.18. The van der Waals surface area contributed by atoms with Crippen LogP contribution in [0.1, 0.15) is 23.7 Å². The van der Waals surface area contributed by atoms with Gasteiger partial charge in [0.05, 0.1) is 6.61 Å². The van der Waals surface area contributed by atoms with Crippen molar-refractivity contribution in [3.8, 4) is 5.88 Å². The molecule has 1 aromatic rings. The Morgan fingerprint density at radius 3 is 2.94 bits per heavy atom. The first-order valence-electron chi connectivity index (χ1n) is 5.14. The molecular formula is C11H15NO4. The molecule has 1 heterocycles. The molecule has 1 N–H and O–H groups in total. The number of carboxylic acids is 1. The molecule has 0 aliphatic carbocycles. The average molecular weight is 225 g/mol. The van der Waals surface area contributed by atoms with Gasteiger partial charge in [0.25, 0.3) is 0 Å². The van der Waals surface area contributed by atoms with Crippen molar-refractivity contribution in [2.45, 2.75) is 13.3 Å². The second-order valence-corrected chi connectivity index (χ2v) is 3.12. The molecule has 0 saturated heterocycles. The molecule has 0 fully saturated rings. The number of aromatic carboxylic acids is 1. The summed E-state index contributed by atoms with van der Waals surface area (Å²) in [6.07, 6.45) is 2.44. The standard InChI is InChI=1S/C11H15NO4/c1-2-6-15-7-8-16-10-9(11(13)14)4-3-5-12-10/h3-5H,2,6-8H2,1H3,(H,13,14). The molecule has 88 valence electrons. The van der Waals surface area contributed by atoms with Crippen molar-refractivity contribution in [3.63, 3.8) is 0 Å². The van der Waals surface area contributed by atoms with Crippen molar-refractivity contribution in [2.24, 2.45) is 0 Å². The van der Waals surface area contributed by atoms with E-state index in [2.05, 4.69) is 4.98 Å². The fourth-order valence-electron chi connectivity index (χ4n) is 1.11. The normalized spacial score (nSPS) is 10.1. The van der Waals surface area contributed by atoms with Crippen molar-refractivity contribution in [1.29, 1.82) is 0 Å². The van der Waals surface area contributed by atoms with Crippen LogP contribution in [0, 0.1) is 0 Å². The Labute approximate surface area is 94.0 Å². The lowest BCUT2D eigenvalue weighted by molar-refractivity contribution is 0.0683. The average Bonchev–Trinajstić information content (AvgIpc) is 2.29. The molecule has 0 spiro atoms. The molecule has 0 saturated carbocycles. The summed E-state index contributed by atoms with van der Waals surface area (Å²) in [4.78, 5) is 14.7. The van der Waals surface area contributed by atoms with Crippen LogP contribution in [-0.2, 0) is 4.74 Å². The number of aromatic nitrogens is 1. The van der Waals surface area contributed by atoms with Crippen molar-refractivity contribution < 1.29 is 19.4 Å². The van der Waals surface area contributed by atoms with Gasteiger partial charge in [-0.25, -0.2) is 9.78 Å². The van der Waals surface area contributed by atoms with Crippen LogP contribution in [0.5, 0.6) is 5.88 Å². The van der Waals surface area contributed by atoms with Crippen molar-refractivity contribution in [2.75, 3.05) is 19.8 Å². The summed E-state index contributed by atoms with van der Waals surface area (Å²) < 4.78 is 10.4. The zero-order valence-electron chi connectivity index (χ0n) is 9.18. The van der Waals surface area contributed by atoms with E-state index in [-0.39, 0.29) is 11.4 Å². The summed E-state index contributed by atoms with van der Waals surface area (Å²) in [6.45, 7) is 3.43. The summed E-state index contributed by atoms with van der Waals surface area (Å²) in [5, 5.41) is 8.86. The third-order valence-corrected chi connectivity index (χ3v) is 1.82. The number of nitrogens with zero attached hydrogens (tertiary/aromatic N) is 1. The lowest BCUT2D eigenvalue weighted by atomic mass is 10.3. The summed E-state index contributed by atoms with van der Waals surface area (Å²) in [7, 11) is 0. The molecule has 5 nitrogen and oxygen atoms in total. The predicted octanol–water partition coefficient (Wildman–Crippen LogP) is 1.59. The van der Waals surface area contributed by atoms with Gasteiger partial charge < -0.3 is 14.6 Å². The fourth-order valence-corrected chi connectivity index (χ4v) is 1.11. The highest BCUT2D eigenvalue weighted by molar-refractivity contribution is 5.90. The maximum atomic E-state index is 10.8. The van der Waals surface area contributed by atoms with Gasteiger partial charge in [-0.15, -0.1) is 0 Å². The number of pyridine rings is 1. The molecule has 0 amide bonds. The Bertz CT molecular complexity index is 341. The first kappa shape index (κ1) is 12.4. The van der Waals surface area contributed by atoms with Crippen LogP contribution < -0.4 is 4.74 Å². The number of rotatable bonds is 7. The number of carbonyl (C=O) groups is 1. The third-order valence-electron chi connectivity index (χ3n) is 1.82. The van der Waals surface area contributed by atoms with Gasteiger partial charge in [-0.2, -0.15) is 0 Å². The van der Waals surface area contributed by atoms with Crippen molar-refractivity contribution >= 4 is 5.97 Å². The first-order valence-corrected chi connectivity index (χ1v) is 5.14. The SMILES string of the molecule is CCCOCCOc1ncccc1C(=O)O. The number of hydrogen-bond donors (Lipinski definition) is 1. The number of carboxylic acid groups (broad SMARTS) is 1. The minimum Gasteiger partial charge on any atom is -0.477 e. The van der Waals surface area contributed by atoms with Gasteiger partial charge in [-0.05, 0) is 18.6 Å². The second kappa shape index (κ2) is 6.79. The minimum atomic E-state index is -1.04. The summed E-state index contributed by atoms with van der Waals surface area (Å²) >= 11 is 0. The van der Waals surface area contributed by atoms with Crippen molar-refractivity contribution in [1.82, 2.24) is 4.98 Å². The maximum Gasteiger partial charge on any atom is 0.341 e. The van der Waals surface area contributed by atoms with Crippen LogP contribution in [0.2, 0.25) is 0 Å². The van der Waals surface area contributed by atoms with E-state index in [9.17, 15) is 4.79 Å². The lowest BCUT2D eigenvalue weighted by Gasteiger charge is -2.07. The summed E-state index contributed by atoms with van der Waals surface area (Å²) in [5.41, 5.74) is 0.0676. The molecule has 5 heteroatoms. The predicted molar refractivity (Wildman–Crippen MR) is 57.8 cm³/mol. The van der Waals surface area contributed by atoms with Gasteiger partial charge >= 0.3 is 5.97 Å². The van der Waals surface area contributed by atoms with Crippen LogP contribution in [-0.4, -0.2) is 35.9 Å². The van der Waals surface area contributed by atoms with Crippen molar-refractivity contribution in [3.05, 3.63) is 23.9 Å². The van der Waals surface area contributed by atoms with E-state index >= 15 is 0 Å². The van der Waals surface area contributed by atoms with E-state index < -0.39 is 5.97 Å². The van der Waals surface area contributed by atoms with E-state index in [1.54, 1.807) is 6.07 Å². The van der Waals surface area contributed by atoms with Crippen LogP contribution >= 0.6 is 0 Å². The minimum absolute atomic E-state index is 0.0676. The van der Waals surface area contributed by atoms with Crippen LogP contribution in [0.25, 0.3) is 0 Å². The number of hydrogen-bond acceptors (Lipinski definition) is 4. The Hall–Kier alpha value is -1.62. The van der Waals surface area contributed by atoms with Crippen LogP contribution in [0.3, 0.4) is 0 Å². The van der Waals surface area contributed by atoms with Crippen LogP contribution in [0.15, 0.2) is 18.3 Å². The first-order chi connectivity index (χ1) is 7.75. The Kier molecular flexibility index (Phi) is 5.28. The molecule has 0 radical (unpaired) electrons. The molecule has 1 rings (SSSR count). The molecule has 16 heavy (non-hydrogen) atoms. The maximum absolute atomic E-state index is 10.8. The third kappa shape index (κ3) is 3.86. The van der Waals surface area contributed by atoms with Gasteiger partial charge in [0.15, 0.2) is 0 Å². The van der Waals surface area contributed by atoms with E-state index in [0.29, 0.717) is 19.8 Å². The van der Waals surface area contributed by atoms with E-state index in [4.69, 9.17) is 14.6 Å². The smallest absolute Gasteiger partial charge is 0.341 e. The summed E-state index contributed by atoms with van der Waals surface area (Å²) in [5.74, 6) is -0.910. The van der Waals surface area contributed by atoms with Gasteiger partial charge in [-0.1, -0.05) is 6.92 Å². The Morgan fingerprint density at radius 2 is 2.25 bits per heavy atom. The fraction of sp³-hybridized carbons (Fsp3) is 0.455. The second-order valence-electron chi connectivity index (χ2n) is 3.12. The largest absolute Gasteiger partial charge is 0.477 e. The molecule has 0 bridgehead atoms. The highest BCUT2D eigenvalue weighted by atomic mass is 16.5. The molecule has 0 atom stereocenters.